The van der Waals surface area contributed by atoms with E-state index in [2.05, 4.69) is 16.0 Å². The van der Waals surface area contributed by atoms with Gasteiger partial charge in [0, 0.05) is 52.6 Å². The summed E-state index contributed by atoms with van der Waals surface area (Å²) in [5.74, 6) is 0. The molecule has 0 spiro atoms. The number of sulfonamides is 1. The van der Waals surface area contributed by atoms with Crippen molar-refractivity contribution < 1.29 is 13.5 Å². The van der Waals surface area contributed by atoms with Gasteiger partial charge in [-0.3, -0.25) is 4.98 Å². The van der Waals surface area contributed by atoms with Crippen molar-refractivity contribution in [2.24, 2.45) is 0 Å². The second-order valence-corrected chi connectivity index (χ2v) is 15.5. The number of hydrogen-bond donors (Lipinski definition) is 1. The van der Waals surface area contributed by atoms with Crippen LogP contribution in [0.1, 0.15) is 63.5 Å². The minimum atomic E-state index is -3.50. The lowest BCUT2D eigenvalue weighted by atomic mass is 9.90. The Morgan fingerprint density at radius 3 is 2.68 bits per heavy atom. The van der Waals surface area contributed by atoms with E-state index in [0.717, 1.165) is 63.3 Å². The molecule has 4 heterocycles. The summed E-state index contributed by atoms with van der Waals surface area (Å²) < 4.78 is 28.9. The molecule has 37 heavy (non-hydrogen) atoms. The number of aryl methyl sites for hydroxylation is 1. The van der Waals surface area contributed by atoms with Crippen LogP contribution in [0.3, 0.4) is 0 Å². The first kappa shape index (κ1) is 26.1. The molecule has 5 rings (SSSR count). The molecule has 0 aliphatic carbocycles. The van der Waals surface area contributed by atoms with E-state index in [1.165, 1.54) is 11.3 Å². The maximum atomic E-state index is 13.5. The van der Waals surface area contributed by atoms with Gasteiger partial charge in [-0.15, -0.1) is 11.3 Å². The van der Waals surface area contributed by atoms with Crippen LogP contribution in [0, 0.1) is 11.3 Å². The summed E-state index contributed by atoms with van der Waals surface area (Å²) >= 11 is 1.52. The number of aliphatic hydroxyl groups excluding tert-OH is 1. The predicted octanol–water partition coefficient (Wildman–Crippen LogP) is 5.06. The standard InChI is InChI=1S/C28H34N4O3S2/c1-27(2,3)37(34,35)32-16-20(14-28(32,4)5)31-10-6-7-19-11-18(15-29)12-23(25(19)31)22-8-9-30-24-13-21(17-33)36-26(22)24/h8-9,11-13,20,33H,6-7,10,14,16-17H2,1-5H3. The second-order valence-electron chi connectivity index (χ2n) is 11.7. The number of thiophene rings is 1. The number of anilines is 1. The van der Waals surface area contributed by atoms with E-state index in [4.69, 9.17) is 0 Å². The largest absolute Gasteiger partial charge is 0.391 e. The quantitative estimate of drug-likeness (QED) is 0.499. The van der Waals surface area contributed by atoms with E-state index in [9.17, 15) is 18.8 Å². The Labute approximate surface area is 223 Å². The first-order valence-electron chi connectivity index (χ1n) is 12.7. The molecule has 1 atom stereocenters. The molecule has 0 bridgehead atoms. The van der Waals surface area contributed by atoms with Crippen LogP contribution in [0.15, 0.2) is 30.5 Å². The molecule has 1 saturated heterocycles. The zero-order valence-electron chi connectivity index (χ0n) is 22.1. The van der Waals surface area contributed by atoms with E-state index in [1.807, 2.05) is 38.1 Å². The monoisotopic (exact) mass is 538 g/mol. The smallest absolute Gasteiger partial charge is 0.219 e. The van der Waals surface area contributed by atoms with E-state index >= 15 is 0 Å². The van der Waals surface area contributed by atoms with E-state index < -0.39 is 20.3 Å². The zero-order chi connectivity index (χ0) is 26.8. The summed E-state index contributed by atoms with van der Waals surface area (Å²) in [4.78, 5) is 7.75. The molecule has 2 aliphatic heterocycles. The highest BCUT2D eigenvalue weighted by Gasteiger charge is 2.50. The number of hydrogen-bond acceptors (Lipinski definition) is 7. The van der Waals surface area contributed by atoms with Gasteiger partial charge >= 0.3 is 0 Å². The number of nitrogens with zero attached hydrogens (tertiary/aromatic N) is 4. The van der Waals surface area contributed by atoms with E-state index in [-0.39, 0.29) is 12.6 Å². The molecule has 2 aliphatic rings. The number of pyridine rings is 1. The first-order chi connectivity index (χ1) is 17.4. The van der Waals surface area contributed by atoms with Crippen LogP contribution < -0.4 is 4.90 Å². The normalized spacial score (nSPS) is 20.2. The molecule has 0 amide bonds. The summed E-state index contributed by atoms with van der Waals surface area (Å²) in [7, 11) is -3.50. The van der Waals surface area contributed by atoms with Crippen LogP contribution in [0.25, 0.3) is 21.3 Å². The molecule has 1 aromatic carbocycles. The van der Waals surface area contributed by atoms with Crippen molar-refractivity contribution in [1.29, 1.82) is 5.26 Å². The molecule has 1 fully saturated rings. The van der Waals surface area contributed by atoms with E-state index in [1.54, 1.807) is 31.3 Å². The molecule has 3 aromatic rings. The number of aliphatic hydroxyl groups is 1. The van der Waals surface area contributed by atoms with Gasteiger partial charge in [-0.2, -0.15) is 9.57 Å². The van der Waals surface area contributed by atoms with Gasteiger partial charge in [0.15, 0.2) is 0 Å². The van der Waals surface area contributed by atoms with Crippen LogP contribution in [0.5, 0.6) is 0 Å². The summed E-state index contributed by atoms with van der Waals surface area (Å²) in [6.07, 6.45) is 4.32. The highest BCUT2D eigenvalue weighted by atomic mass is 32.2. The van der Waals surface area contributed by atoms with Crippen molar-refractivity contribution in [2.45, 2.75) is 76.8 Å². The minimum Gasteiger partial charge on any atom is -0.391 e. The topological polar surface area (TPSA) is 97.5 Å². The van der Waals surface area contributed by atoms with Crippen molar-refractivity contribution in [3.63, 3.8) is 0 Å². The lowest BCUT2D eigenvalue weighted by Gasteiger charge is -2.38. The lowest BCUT2D eigenvalue weighted by molar-refractivity contribution is 0.284. The Balaban J connectivity index is 1.66. The van der Waals surface area contributed by atoms with Gasteiger partial charge in [-0.25, -0.2) is 8.42 Å². The van der Waals surface area contributed by atoms with Crippen LogP contribution in [0.4, 0.5) is 5.69 Å². The van der Waals surface area contributed by atoms with Gasteiger partial charge in [0.05, 0.1) is 33.2 Å². The molecule has 2 aromatic heterocycles. The van der Waals surface area contributed by atoms with Crippen molar-refractivity contribution >= 4 is 37.3 Å². The predicted molar refractivity (Wildman–Crippen MR) is 149 cm³/mol. The number of benzene rings is 1. The van der Waals surface area contributed by atoms with Crippen LogP contribution in [-0.2, 0) is 23.1 Å². The average molecular weight is 539 g/mol. The lowest BCUT2D eigenvalue weighted by Crippen LogP contribution is -2.50. The Kier molecular flexibility index (Phi) is 6.39. The van der Waals surface area contributed by atoms with Crippen molar-refractivity contribution in [2.75, 3.05) is 18.0 Å². The molecule has 1 unspecified atom stereocenters. The van der Waals surface area contributed by atoms with Gasteiger partial charge in [-0.05, 0) is 83.7 Å². The Morgan fingerprint density at radius 1 is 1.24 bits per heavy atom. The summed E-state index contributed by atoms with van der Waals surface area (Å²) in [5.41, 5.74) is 5.12. The third-order valence-electron chi connectivity index (χ3n) is 7.65. The third-order valence-corrected chi connectivity index (χ3v) is 11.6. The summed E-state index contributed by atoms with van der Waals surface area (Å²) in [6.45, 7) is 10.6. The van der Waals surface area contributed by atoms with Crippen LogP contribution >= 0.6 is 11.3 Å². The number of aromatic nitrogens is 1. The summed E-state index contributed by atoms with van der Waals surface area (Å²) in [6, 6.07) is 10.2. The Hall–Kier alpha value is -2.51. The molecule has 9 heteroatoms. The summed E-state index contributed by atoms with van der Waals surface area (Å²) in [5, 5.41) is 19.6. The van der Waals surface area contributed by atoms with Gasteiger partial charge in [-0.1, -0.05) is 0 Å². The van der Waals surface area contributed by atoms with E-state index in [0.29, 0.717) is 12.1 Å². The molecule has 7 nitrogen and oxygen atoms in total. The maximum absolute atomic E-state index is 13.5. The maximum Gasteiger partial charge on any atom is 0.219 e. The molecule has 1 N–H and O–H groups in total. The number of rotatable bonds is 4. The second kappa shape index (κ2) is 9.05. The molecule has 196 valence electrons. The van der Waals surface area contributed by atoms with Crippen LogP contribution in [-0.4, -0.2) is 52.2 Å². The molecule has 0 saturated carbocycles. The molecular formula is C28H34N4O3S2. The molecular weight excluding hydrogens is 504 g/mol. The fraction of sp³-hybridized carbons (Fsp3) is 0.500. The van der Waals surface area contributed by atoms with Gasteiger partial charge < -0.3 is 10.0 Å². The Bertz CT molecular complexity index is 1510. The van der Waals surface area contributed by atoms with Crippen molar-refractivity contribution in [1.82, 2.24) is 9.29 Å². The fourth-order valence-electron chi connectivity index (χ4n) is 5.83. The fourth-order valence-corrected chi connectivity index (χ4v) is 8.59. The van der Waals surface area contributed by atoms with Gasteiger partial charge in [0.25, 0.3) is 0 Å². The third kappa shape index (κ3) is 4.34. The zero-order valence-corrected chi connectivity index (χ0v) is 23.7. The molecule has 0 radical (unpaired) electrons. The minimum absolute atomic E-state index is 0.0199. The Morgan fingerprint density at radius 2 is 2.00 bits per heavy atom. The first-order valence-corrected chi connectivity index (χ1v) is 15.0. The number of nitriles is 1. The van der Waals surface area contributed by atoms with Crippen LogP contribution in [0.2, 0.25) is 0 Å². The average Bonchev–Trinajstić information content (AvgIpc) is 3.42. The van der Waals surface area contributed by atoms with Gasteiger partial charge in [0.1, 0.15) is 0 Å². The SMILES string of the molecule is CC1(C)CC(N2CCCc3cc(C#N)cc(-c4ccnc5cc(CO)sc45)c32)CN1S(=O)(=O)C(C)(C)C. The van der Waals surface area contributed by atoms with Crippen molar-refractivity contribution in [3.8, 4) is 17.2 Å². The van der Waals surface area contributed by atoms with Gasteiger partial charge in [0.2, 0.25) is 10.0 Å². The van der Waals surface area contributed by atoms with Crippen molar-refractivity contribution in [3.05, 3.63) is 46.5 Å². The number of fused-ring (bicyclic) bond motifs is 2. The highest BCUT2D eigenvalue weighted by molar-refractivity contribution is 7.90. The highest BCUT2D eigenvalue weighted by Crippen LogP contribution is 2.46.